The lowest BCUT2D eigenvalue weighted by molar-refractivity contribution is 0.175. The summed E-state index contributed by atoms with van der Waals surface area (Å²) in [6.45, 7) is 11.1. The molecule has 14 heavy (non-hydrogen) atoms. The van der Waals surface area contributed by atoms with Gasteiger partial charge in [-0.25, -0.2) is 4.67 Å². The van der Waals surface area contributed by atoms with Crippen molar-refractivity contribution in [2.75, 3.05) is 46.0 Å². The van der Waals surface area contributed by atoms with Crippen LogP contribution < -0.4 is 0 Å². The van der Waals surface area contributed by atoms with E-state index in [1.165, 1.54) is 0 Å². The van der Waals surface area contributed by atoms with E-state index in [-0.39, 0.29) is 0 Å². The Hall–Kier alpha value is 0.110. The SMILES string of the molecule is CCOP(C)(=O)N1CCN(CC)CC1. The first-order valence-electron chi connectivity index (χ1n) is 5.30. The molecule has 0 aliphatic carbocycles. The fourth-order valence-corrected chi connectivity index (χ4v) is 3.29. The minimum Gasteiger partial charge on any atom is -0.318 e. The van der Waals surface area contributed by atoms with Gasteiger partial charge in [0.2, 0.25) is 0 Å². The van der Waals surface area contributed by atoms with Gasteiger partial charge in [0.25, 0.3) is 7.52 Å². The molecular weight excluding hydrogens is 199 g/mol. The van der Waals surface area contributed by atoms with Crippen molar-refractivity contribution >= 4 is 7.52 Å². The van der Waals surface area contributed by atoms with Gasteiger partial charge < -0.3 is 9.42 Å². The summed E-state index contributed by atoms with van der Waals surface area (Å²) < 4.78 is 19.3. The zero-order valence-corrected chi connectivity index (χ0v) is 10.3. The van der Waals surface area contributed by atoms with Crippen molar-refractivity contribution in [3.8, 4) is 0 Å². The molecule has 1 heterocycles. The third kappa shape index (κ3) is 3.06. The van der Waals surface area contributed by atoms with E-state index in [1.807, 2.05) is 11.6 Å². The molecule has 4 nitrogen and oxygen atoms in total. The smallest absolute Gasteiger partial charge is 0.269 e. The molecule has 0 aromatic carbocycles. The quantitative estimate of drug-likeness (QED) is 0.672. The molecule has 1 unspecified atom stereocenters. The number of likely N-dealkylation sites (N-methyl/N-ethyl adjacent to an activating group) is 1. The lowest BCUT2D eigenvalue weighted by Gasteiger charge is -2.36. The van der Waals surface area contributed by atoms with Gasteiger partial charge >= 0.3 is 0 Å². The van der Waals surface area contributed by atoms with E-state index in [9.17, 15) is 4.57 Å². The second-order valence-corrected chi connectivity index (χ2v) is 6.04. The van der Waals surface area contributed by atoms with E-state index in [4.69, 9.17) is 4.52 Å². The average molecular weight is 220 g/mol. The predicted octanol–water partition coefficient (Wildman–Crippen LogP) is 1.48. The molecule has 1 aliphatic rings. The van der Waals surface area contributed by atoms with E-state index >= 15 is 0 Å². The topological polar surface area (TPSA) is 32.8 Å². The lowest BCUT2D eigenvalue weighted by atomic mass is 10.4. The van der Waals surface area contributed by atoms with Gasteiger partial charge in [-0.05, 0) is 13.5 Å². The maximum Gasteiger partial charge on any atom is 0.269 e. The van der Waals surface area contributed by atoms with Gasteiger partial charge in [-0.3, -0.25) is 4.57 Å². The summed E-state index contributed by atoms with van der Waals surface area (Å²) in [7, 11) is -2.50. The molecule has 1 rings (SSSR count). The molecule has 5 heteroatoms. The van der Waals surface area contributed by atoms with E-state index in [2.05, 4.69) is 11.8 Å². The monoisotopic (exact) mass is 220 g/mol. The number of rotatable bonds is 4. The maximum absolute atomic E-state index is 12.0. The highest BCUT2D eigenvalue weighted by Crippen LogP contribution is 2.46. The Morgan fingerprint density at radius 1 is 1.21 bits per heavy atom. The van der Waals surface area contributed by atoms with Gasteiger partial charge in [-0.1, -0.05) is 6.92 Å². The summed E-state index contributed by atoms with van der Waals surface area (Å²) in [4.78, 5) is 2.36. The summed E-state index contributed by atoms with van der Waals surface area (Å²) >= 11 is 0. The first kappa shape index (κ1) is 12.2. The number of hydrogen-bond acceptors (Lipinski definition) is 3. The Balaban J connectivity index is 2.44. The van der Waals surface area contributed by atoms with Crippen molar-refractivity contribution in [1.29, 1.82) is 0 Å². The van der Waals surface area contributed by atoms with Crippen LogP contribution in [0.25, 0.3) is 0 Å². The molecule has 1 fully saturated rings. The zero-order chi connectivity index (χ0) is 10.6. The second kappa shape index (κ2) is 5.26. The van der Waals surface area contributed by atoms with Crippen molar-refractivity contribution in [1.82, 2.24) is 9.57 Å². The van der Waals surface area contributed by atoms with Gasteiger partial charge in [0.15, 0.2) is 0 Å². The van der Waals surface area contributed by atoms with Gasteiger partial charge in [0.05, 0.1) is 6.61 Å². The molecule has 0 radical (unpaired) electrons. The highest BCUT2D eigenvalue weighted by molar-refractivity contribution is 7.55. The van der Waals surface area contributed by atoms with Crippen LogP contribution in [0.2, 0.25) is 0 Å². The number of piperazine rings is 1. The lowest BCUT2D eigenvalue weighted by Crippen LogP contribution is -2.44. The van der Waals surface area contributed by atoms with Crippen LogP contribution in [-0.4, -0.2) is 55.6 Å². The van der Waals surface area contributed by atoms with Gasteiger partial charge in [0, 0.05) is 32.8 Å². The van der Waals surface area contributed by atoms with Crippen LogP contribution in [0.5, 0.6) is 0 Å². The highest BCUT2D eigenvalue weighted by atomic mass is 31.2. The molecule has 1 atom stereocenters. The molecule has 0 amide bonds. The largest absolute Gasteiger partial charge is 0.318 e. The Morgan fingerprint density at radius 3 is 2.21 bits per heavy atom. The van der Waals surface area contributed by atoms with Crippen molar-refractivity contribution in [2.24, 2.45) is 0 Å². The summed E-state index contributed by atoms with van der Waals surface area (Å²) in [6, 6.07) is 0. The summed E-state index contributed by atoms with van der Waals surface area (Å²) in [6.07, 6.45) is 0. The molecule has 1 aliphatic heterocycles. The van der Waals surface area contributed by atoms with Gasteiger partial charge in [-0.2, -0.15) is 0 Å². The van der Waals surface area contributed by atoms with E-state index in [0.29, 0.717) is 6.61 Å². The van der Waals surface area contributed by atoms with Gasteiger partial charge in [-0.15, -0.1) is 0 Å². The van der Waals surface area contributed by atoms with Crippen molar-refractivity contribution in [2.45, 2.75) is 13.8 Å². The Bertz CT molecular complexity index is 215. The second-order valence-electron chi connectivity index (χ2n) is 3.61. The normalized spacial score (nSPS) is 24.8. The van der Waals surface area contributed by atoms with Crippen LogP contribution in [0.3, 0.4) is 0 Å². The van der Waals surface area contributed by atoms with E-state index < -0.39 is 7.52 Å². The molecule has 0 N–H and O–H groups in total. The number of nitrogens with zero attached hydrogens (tertiary/aromatic N) is 2. The third-order valence-corrected chi connectivity index (χ3v) is 4.84. The first-order chi connectivity index (χ1) is 6.60. The molecule has 0 aromatic rings. The van der Waals surface area contributed by atoms with Crippen LogP contribution >= 0.6 is 7.52 Å². The fraction of sp³-hybridized carbons (Fsp3) is 1.00. The summed E-state index contributed by atoms with van der Waals surface area (Å²) in [5, 5.41) is 0. The van der Waals surface area contributed by atoms with Crippen LogP contribution in [0, 0.1) is 0 Å². The summed E-state index contributed by atoms with van der Waals surface area (Å²) in [5.41, 5.74) is 0. The molecular formula is C9H21N2O2P. The predicted molar refractivity (Wildman–Crippen MR) is 58.8 cm³/mol. The minimum atomic E-state index is -2.50. The minimum absolute atomic E-state index is 0.530. The first-order valence-corrected chi connectivity index (χ1v) is 7.32. The Labute approximate surface area is 86.7 Å². The Kier molecular flexibility index (Phi) is 4.58. The molecule has 0 saturated carbocycles. The van der Waals surface area contributed by atoms with Crippen molar-refractivity contribution in [3.63, 3.8) is 0 Å². The zero-order valence-electron chi connectivity index (χ0n) is 9.40. The van der Waals surface area contributed by atoms with E-state index in [0.717, 1.165) is 32.7 Å². The summed E-state index contributed by atoms with van der Waals surface area (Å²) in [5.74, 6) is 0. The molecule has 1 saturated heterocycles. The third-order valence-electron chi connectivity index (χ3n) is 2.68. The van der Waals surface area contributed by atoms with Crippen LogP contribution in [0.15, 0.2) is 0 Å². The maximum atomic E-state index is 12.0. The van der Waals surface area contributed by atoms with Crippen LogP contribution in [0.4, 0.5) is 0 Å². The van der Waals surface area contributed by atoms with Crippen LogP contribution in [0.1, 0.15) is 13.8 Å². The van der Waals surface area contributed by atoms with Crippen LogP contribution in [-0.2, 0) is 9.09 Å². The fourth-order valence-electron chi connectivity index (χ4n) is 1.74. The van der Waals surface area contributed by atoms with Crippen molar-refractivity contribution in [3.05, 3.63) is 0 Å². The standard InChI is InChI=1S/C9H21N2O2P/c1-4-10-6-8-11(9-7-10)14(3,12)13-5-2/h4-9H2,1-3H3. The van der Waals surface area contributed by atoms with Gasteiger partial charge in [0.1, 0.15) is 0 Å². The Morgan fingerprint density at radius 2 is 1.79 bits per heavy atom. The average Bonchev–Trinajstić information content (AvgIpc) is 2.18. The highest BCUT2D eigenvalue weighted by Gasteiger charge is 2.28. The molecule has 84 valence electrons. The molecule has 0 spiro atoms. The van der Waals surface area contributed by atoms with Crippen molar-refractivity contribution < 1.29 is 9.09 Å². The molecule has 0 bridgehead atoms. The molecule has 0 aromatic heterocycles. The van der Waals surface area contributed by atoms with E-state index in [1.54, 1.807) is 6.66 Å². The number of hydrogen-bond donors (Lipinski definition) is 0.